The molecule has 0 spiro atoms. The van der Waals surface area contributed by atoms with Gasteiger partial charge in [-0.3, -0.25) is 9.52 Å². The van der Waals surface area contributed by atoms with Crippen LogP contribution in [0.4, 0.5) is 20.2 Å². The number of halogens is 2. The Morgan fingerprint density at radius 3 is 2.50 bits per heavy atom. The van der Waals surface area contributed by atoms with Gasteiger partial charge in [-0.2, -0.15) is 8.78 Å². The van der Waals surface area contributed by atoms with Gasteiger partial charge in [0.2, 0.25) is 15.9 Å². The van der Waals surface area contributed by atoms with Crippen LogP contribution < -0.4 is 14.8 Å². The van der Waals surface area contributed by atoms with E-state index in [4.69, 9.17) is 0 Å². The summed E-state index contributed by atoms with van der Waals surface area (Å²) in [7, 11) is -3.44. The fourth-order valence-electron chi connectivity index (χ4n) is 2.05. The lowest BCUT2D eigenvalue weighted by molar-refractivity contribution is -0.111. The largest absolute Gasteiger partial charge is 0.434 e. The van der Waals surface area contributed by atoms with Crippen molar-refractivity contribution >= 4 is 33.4 Å². The third-order valence-electron chi connectivity index (χ3n) is 2.98. The molecule has 6 nitrogen and oxygen atoms in total. The van der Waals surface area contributed by atoms with E-state index >= 15 is 0 Å². The minimum Gasteiger partial charge on any atom is -0.434 e. The Labute approximate surface area is 149 Å². The first-order valence-electron chi connectivity index (χ1n) is 7.34. The molecule has 2 aromatic rings. The molecule has 0 saturated carbocycles. The zero-order chi connectivity index (χ0) is 19.2. The van der Waals surface area contributed by atoms with Crippen molar-refractivity contribution in [1.29, 1.82) is 0 Å². The van der Waals surface area contributed by atoms with E-state index in [0.29, 0.717) is 16.9 Å². The lowest BCUT2D eigenvalue weighted by atomic mass is 10.2. The van der Waals surface area contributed by atoms with E-state index < -0.39 is 22.5 Å². The summed E-state index contributed by atoms with van der Waals surface area (Å²) in [6, 6.07) is 12.2. The highest BCUT2D eigenvalue weighted by molar-refractivity contribution is 7.92. The third-order valence-corrected chi connectivity index (χ3v) is 3.59. The second kappa shape index (κ2) is 8.43. The van der Waals surface area contributed by atoms with Crippen LogP contribution in [0.15, 0.2) is 54.6 Å². The van der Waals surface area contributed by atoms with Crippen LogP contribution in [-0.2, 0) is 14.8 Å². The van der Waals surface area contributed by atoms with Crippen LogP contribution in [0.25, 0.3) is 6.08 Å². The lowest BCUT2D eigenvalue weighted by Gasteiger charge is -2.08. The topological polar surface area (TPSA) is 84.5 Å². The molecule has 9 heteroatoms. The second-order valence-electron chi connectivity index (χ2n) is 5.19. The summed E-state index contributed by atoms with van der Waals surface area (Å²) in [6.45, 7) is -2.97. The number of para-hydroxylation sites is 1. The van der Waals surface area contributed by atoms with E-state index in [1.165, 1.54) is 36.4 Å². The molecule has 0 fully saturated rings. The molecule has 1 amide bonds. The van der Waals surface area contributed by atoms with Crippen molar-refractivity contribution in [3.8, 4) is 5.75 Å². The van der Waals surface area contributed by atoms with Crippen LogP contribution in [0, 0.1) is 0 Å². The first-order chi connectivity index (χ1) is 12.2. The van der Waals surface area contributed by atoms with Crippen molar-refractivity contribution < 1.29 is 26.7 Å². The van der Waals surface area contributed by atoms with Gasteiger partial charge >= 0.3 is 6.61 Å². The average molecular weight is 382 g/mol. The van der Waals surface area contributed by atoms with Crippen LogP contribution in [-0.4, -0.2) is 27.2 Å². The molecule has 0 radical (unpaired) electrons. The van der Waals surface area contributed by atoms with Crippen molar-refractivity contribution in [2.45, 2.75) is 6.61 Å². The summed E-state index contributed by atoms with van der Waals surface area (Å²) < 4.78 is 53.9. The Hall–Kier alpha value is -2.94. The molecule has 0 unspecified atom stereocenters. The number of amides is 1. The molecule has 0 saturated heterocycles. The van der Waals surface area contributed by atoms with Crippen molar-refractivity contribution in [3.05, 3.63) is 60.2 Å². The monoisotopic (exact) mass is 382 g/mol. The molecule has 0 atom stereocenters. The number of carbonyl (C=O) groups excluding carboxylic acids is 1. The first kappa shape index (κ1) is 19.4. The summed E-state index contributed by atoms with van der Waals surface area (Å²) in [6.07, 6.45) is 3.51. The number of ether oxygens (including phenoxy) is 1. The fourth-order valence-corrected chi connectivity index (χ4v) is 2.60. The maximum absolute atomic E-state index is 12.4. The minimum absolute atomic E-state index is 0.0501. The molecule has 138 valence electrons. The molecule has 0 aromatic heterocycles. The number of rotatable bonds is 7. The molecule has 0 aliphatic heterocycles. The number of anilines is 2. The molecule has 0 aliphatic carbocycles. The van der Waals surface area contributed by atoms with Crippen LogP contribution in [0.2, 0.25) is 0 Å². The number of benzene rings is 2. The zero-order valence-electron chi connectivity index (χ0n) is 13.6. The summed E-state index contributed by atoms with van der Waals surface area (Å²) in [5.41, 5.74) is 0.978. The van der Waals surface area contributed by atoms with Gasteiger partial charge in [0.25, 0.3) is 0 Å². The standard InChI is InChI=1S/C17H16F2N2O4S/c1-26(23,24)21-14-7-4-6-13(11-14)20-16(22)10-9-12-5-2-3-8-15(12)25-17(18)19/h2-11,17,21H,1H3,(H,20,22)/b10-9+. The molecule has 0 heterocycles. The number of sulfonamides is 1. The molecule has 26 heavy (non-hydrogen) atoms. The second-order valence-corrected chi connectivity index (χ2v) is 6.94. The van der Waals surface area contributed by atoms with Gasteiger partial charge in [-0.1, -0.05) is 24.3 Å². The van der Waals surface area contributed by atoms with Gasteiger partial charge in [0.1, 0.15) is 5.75 Å². The highest BCUT2D eigenvalue weighted by atomic mass is 32.2. The Morgan fingerprint density at radius 1 is 1.12 bits per heavy atom. The van der Waals surface area contributed by atoms with Crippen molar-refractivity contribution in [3.63, 3.8) is 0 Å². The van der Waals surface area contributed by atoms with Gasteiger partial charge in [-0.05, 0) is 30.3 Å². The van der Waals surface area contributed by atoms with Gasteiger partial charge in [-0.25, -0.2) is 8.42 Å². The van der Waals surface area contributed by atoms with Crippen LogP contribution >= 0.6 is 0 Å². The molecule has 0 bridgehead atoms. The lowest BCUT2D eigenvalue weighted by Crippen LogP contribution is -2.11. The summed E-state index contributed by atoms with van der Waals surface area (Å²) in [4.78, 5) is 12.0. The summed E-state index contributed by atoms with van der Waals surface area (Å²) in [5, 5.41) is 2.55. The van der Waals surface area contributed by atoms with Gasteiger partial charge < -0.3 is 10.1 Å². The molecular formula is C17H16F2N2O4S. The van der Waals surface area contributed by atoms with Gasteiger partial charge in [0, 0.05) is 17.3 Å². The van der Waals surface area contributed by atoms with Crippen molar-refractivity contribution in [2.75, 3.05) is 16.3 Å². The smallest absolute Gasteiger partial charge is 0.387 e. The molecule has 0 aliphatic rings. The van der Waals surface area contributed by atoms with Crippen LogP contribution in [0.3, 0.4) is 0 Å². The maximum Gasteiger partial charge on any atom is 0.387 e. The highest BCUT2D eigenvalue weighted by Gasteiger charge is 2.08. The summed E-state index contributed by atoms with van der Waals surface area (Å²) >= 11 is 0. The van der Waals surface area contributed by atoms with E-state index in [1.807, 2.05) is 0 Å². The SMILES string of the molecule is CS(=O)(=O)Nc1cccc(NC(=O)/C=C/c2ccccc2OC(F)F)c1. The summed E-state index contributed by atoms with van der Waals surface area (Å²) in [5.74, 6) is -0.570. The third kappa shape index (κ3) is 6.52. The van der Waals surface area contributed by atoms with Gasteiger partial charge in [0.05, 0.1) is 11.9 Å². The van der Waals surface area contributed by atoms with Crippen molar-refractivity contribution in [1.82, 2.24) is 0 Å². The van der Waals surface area contributed by atoms with Gasteiger partial charge in [0.15, 0.2) is 0 Å². The molecule has 2 aromatic carbocycles. The highest BCUT2D eigenvalue weighted by Crippen LogP contribution is 2.22. The van der Waals surface area contributed by atoms with Gasteiger partial charge in [-0.15, -0.1) is 0 Å². The Balaban J connectivity index is 2.07. The quantitative estimate of drug-likeness (QED) is 0.720. The van der Waals surface area contributed by atoms with E-state index in [-0.39, 0.29) is 5.75 Å². The maximum atomic E-state index is 12.4. The minimum atomic E-state index is -3.44. The van der Waals surface area contributed by atoms with Crippen LogP contribution in [0.1, 0.15) is 5.56 Å². The number of hydrogen-bond acceptors (Lipinski definition) is 4. The number of hydrogen-bond donors (Lipinski definition) is 2. The number of nitrogens with one attached hydrogen (secondary N) is 2. The van der Waals surface area contributed by atoms with E-state index in [2.05, 4.69) is 14.8 Å². The Morgan fingerprint density at radius 2 is 1.81 bits per heavy atom. The van der Waals surface area contributed by atoms with Crippen LogP contribution in [0.5, 0.6) is 5.75 Å². The molecular weight excluding hydrogens is 366 g/mol. The Bertz CT molecular complexity index is 914. The zero-order valence-corrected chi connectivity index (χ0v) is 14.5. The van der Waals surface area contributed by atoms with E-state index in [9.17, 15) is 22.0 Å². The van der Waals surface area contributed by atoms with E-state index in [1.54, 1.807) is 18.2 Å². The van der Waals surface area contributed by atoms with E-state index in [0.717, 1.165) is 12.3 Å². The predicted octanol–water partition coefficient (Wildman–Crippen LogP) is 3.31. The number of carbonyl (C=O) groups is 1. The van der Waals surface area contributed by atoms with Crippen molar-refractivity contribution in [2.24, 2.45) is 0 Å². The predicted molar refractivity (Wildman–Crippen MR) is 95.6 cm³/mol. The first-order valence-corrected chi connectivity index (χ1v) is 9.23. The molecule has 2 rings (SSSR count). The average Bonchev–Trinajstić information content (AvgIpc) is 2.52. The number of alkyl halides is 2. The normalized spacial score (nSPS) is 11.5. The fraction of sp³-hybridized carbons (Fsp3) is 0.118. The Kier molecular flexibility index (Phi) is 6.29. The molecule has 2 N–H and O–H groups in total.